The van der Waals surface area contributed by atoms with Crippen LogP contribution in [0.25, 0.3) is 0 Å². The fraction of sp³-hybridized carbons (Fsp3) is 0.550. The van der Waals surface area contributed by atoms with E-state index < -0.39 is 11.2 Å². The molecule has 27 heavy (non-hydrogen) atoms. The Bertz CT molecular complexity index is 912. The van der Waals surface area contributed by atoms with Crippen LogP contribution in [0.15, 0.2) is 24.5 Å². The fourth-order valence-corrected chi connectivity index (χ4v) is 6.33. The van der Waals surface area contributed by atoms with E-state index >= 15 is 0 Å². The number of rotatable bonds is 3. The summed E-state index contributed by atoms with van der Waals surface area (Å²) in [7, 11) is 0. The predicted molar refractivity (Wildman–Crippen MR) is 99.9 cm³/mol. The lowest BCUT2D eigenvalue weighted by Crippen LogP contribution is -2.60. The molecule has 2 aromatic rings. The lowest BCUT2D eigenvalue weighted by Gasteiger charge is -2.60. The molecule has 4 fully saturated rings. The molecule has 2 atom stereocenters. The Morgan fingerprint density at radius 1 is 1.30 bits per heavy atom. The molecule has 1 aromatic heterocycles. The molecule has 4 bridgehead atoms. The molecule has 4 aliphatic carbocycles. The van der Waals surface area contributed by atoms with E-state index in [0.717, 1.165) is 37.7 Å². The van der Waals surface area contributed by atoms with Crippen LogP contribution in [0.4, 0.5) is 10.1 Å². The van der Waals surface area contributed by atoms with Crippen molar-refractivity contribution in [3.63, 3.8) is 0 Å². The number of hydrogen-bond donors (Lipinski definition) is 1. The highest BCUT2D eigenvalue weighted by atomic mass is 35.5. The first kappa shape index (κ1) is 17.2. The normalized spacial score (nSPS) is 34.0. The lowest BCUT2D eigenvalue weighted by molar-refractivity contribution is -0.150. The third-order valence-electron chi connectivity index (χ3n) is 6.83. The predicted octanol–water partition coefficient (Wildman–Crippen LogP) is 4.31. The Hall–Kier alpha value is -1.95. The Morgan fingerprint density at radius 2 is 2.04 bits per heavy atom. The third kappa shape index (κ3) is 2.68. The topological polar surface area (TPSA) is 59.8 Å². The van der Waals surface area contributed by atoms with Crippen LogP contribution < -0.4 is 5.32 Å². The van der Waals surface area contributed by atoms with Crippen LogP contribution in [-0.2, 0) is 10.3 Å². The molecule has 7 heteroatoms. The van der Waals surface area contributed by atoms with Crippen molar-refractivity contribution in [2.24, 2.45) is 17.3 Å². The first-order chi connectivity index (χ1) is 12.9. The molecule has 0 radical (unpaired) electrons. The monoisotopic (exact) mass is 388 g/mol. The molecule has 1 amide bonds. The first-order valence-corrected chi connectivity index (χ1v) is 9.91. The number of halogens is 2. The van der Waals surface area contributed by atoms with Crippen molar-refractivity contribution in [3.05, 3.63) is 41.2 Å². The van der Waals surface area contributed by atoms with Crippen molar-refractivity contribution in [1.82, 2.24) is 14.8 Å². The summed E-state index contributed by atoms with van der Waals surface area (Å²) in [6.07, 6.45) is 7.33. The quantitative estimate of drug-likeness (QED) is 0.852. The van der Waals surface area contributed by atoms with Gasteiger partial charge in [-0.1, -0.05) is 6.07 Å². The minimum atomic E-state index is -0.474. The van der Waals surface area contributed by atoms with Crippen LogP contribution in [0, 0.1) is 30.0 Å². The minimum Gasteiger partial charge on any atom is -0.323 e. The van der Waals surface area contributed by atoms with Crippen LogP contribution in [0.5, 0.6) is 0 Å². The van der Waals surface area contributed by atoms with Gasteiger partial charge in [0.2, 0.25) is 11.2 Å². The van der Waals surface area contributed by atoms with Gasteiger partial charge < -0.3 is 5.32 Å². The number of carbonyl (C=O) groups is 1. The molecule has 5 nitrogen and oxygen atoms in total. The Labute approximate surface area is 162 Å². The molecule has 1 aromatic carbocycles. The van der Waals surface area contributed by atoms with E-state index in [1.807, 2.05) is 11.6 Å². The van der Waals surface area contributed by atoms with E-state index in [0.29, 0.717) is 18.3 Å². The van der Waals surface area contributed by atoms with Gasteiger partial charge in [0.05, 0.1) is 16.6 Å². The van der Waals surface area contributed by atoms with Crippen LogP contribution in [0.3, 0.4) is 0 Å². The summed E-state index contributed by atoms with van der Waals surface area (Å²) in [5.74, 6) is 0.526. The summed E-state index contributed by atoms with van der Waals surface area (Å²) in [5, 5.41) is 7.52. The molecule has 0 unspecified atom stereocenters. The molecule has 0 aliphatic heterocycles. The standard InChI is InChI=1S/C20H22ClFN4O/c1-12-2-3-15(22)16(4-12)24-17(27)19-6-13-5-14(7-19)9-20(8-13,10-19)26-11-23-18(21)25-26/h2-4,11,13-14H,5-10H2,1H3,(H,24,27)/t13-,14-,19?,20?/m1/s1. The fourth-order valence-electron chi connectivity index (χ4n) is 6.21. The van der Waals surface area contributed by atoms with E-state index in [1.165, 1.54) is 6.07 Å². The zero-order valence-corrected chi connectivity index (χ0v) is 16.0. The summed E-state index contributed by atoms with van der Waals surface area (Å²) in [6, 6.07) is 4.81. The zero-order valence-electron chi connectivity index (χ0n) is 15.2. The Balaban J connectivity index is 1.48. The van der Waals surface area contributed by atoms with Crippen molar-refractivity contribution in [2.45, 2.75) is 51.0 Å². The number of anilines is 1. The number of hydrogen-bond acceptors (Lipinski definition) is 3. The second kappa shape index (κ2) is 5.77. The molecule has 1 N–H and O–H groups in total. The highest BCUT2D eigenvalue weighted by Gasteiger charge is 2.61. The maximum absolute atomic E-state index is 14.2. The number of nitrogens with one attached hydrogen (secondary N) is 1. The van der Waals surface area contributed by atoms with Gasteiger partial charge in [0, 0.05) is 0 Å². The van der Waals surface area contributed by atoms with E-state index in [-0.39, 0.29) is 22.4 Å². The molecular formula is C20H22ClFN4O. The largest absolute Gasteiger partial charge is 0.323 e. The number of benzene rings is 1. The molecule has 1 heterocycles. The van der Waals surface area contributed by atoms with Gasteiger partial charge in [0.15, 0.2) is 0 Å². The van der Waals surface area contributed by atoms with Gasteiger partial charge in [-0.2, -0.15) is 0 Å². The van der Waals surface area contributed by atoms with Crippen molar-refractivity contribution in [3.8, 4) is 0 Å². The summed E-state index contributed by atoms with van der Waals surface area (Å²) < 4.78 is 16.1. The van der Waals surface area contributed by atoms with Gasteiger partial charge in [-0.05, 0) is 86.6 Å². The summed E-state index contributed by atoms with van der Waals surface area (Å²) in [4.78, 5) is 17.5. The molecule has 4 aliphatic rings. The smallest absolute Gasteiger partial charge is 0.242 e. The number of aryl methyl sites for hydroxylation is 1. The van der Waals surface area contributed by atoms with Gasteiger partial charge >= 0.3 is 0 Å². The first-order valence-electron chi connectivity index (χ1n) is 9.53. The number of carbonyl (C=O) groups excluding carboxylic acids is 1. The average Bonchev–Trinajstić information content (AvgIpc) is 3.04. The van der Waals surface area contributed by atoms with E-state index in [2.05, 4.69) is 15.4 Å². The highest BCUT2D eigenvalue weighted by Crippen LogP contribution is 2.64. The summed E-state index contributed by atoms with van der Waals surface area (Å²) >= 11 is 5.97. The van der Waals surface area contributed by atoms with Gasteiger partial charge in [0.1, 0.15) is 12.1 Å². The molecule has 4 saturated carbocycles. The Morgan fingerprint density at radius 3 is 2.70 bits per heavy atom. The van der Waals surface area contributed by atoms with Crippen LogP contribution in [0.1, 0.15) is 44.1 Å². The molecule has 0 saturated heterocycles. The average molecular weight is 389 g/mol. The van der Waals surface area contributed by atoms with Gasteiger partial charge in [-0.25, -0.2) is 14.1 Å². The van der Waals surface area contributed by atoms with Gasteiger partial charge in [-0.3, -0.25) is 4.79 Å². The second-order valence-corrected chi connectivity index (χ2v) is 9.20. The molecular weight excluding hydrogens is 367 g/mol. The van der Waals surface area contributed by atoms with Crippen LogP contribution in [-0.4, -0.2) is 20.7 Å². The van der Waals surface area contributed by atoms with Crippen molar-refractivity contribution in [2.75, 3.05) is 5.32 Å². The van der Waals surface area contributed by atoms with Crippen LogP contribution in [0.2, 0.25) is 5.28 Å². The Kier molecular flexibility index (Phi) is 3.67. The van der Waals surface area contributed by atoms with Crippen molar-refractivity contribution >= 4 is 23.2 Å². The van der Waals surface area contributed by atoms with E-state index in [1.54, 1.807) is 18.5 Å². The van der Waals surface area contributed by atoms with E-state index in [9.17, 15) is 9.18 Å². The third-order valence-corrected chi connectivity index (χ3v) is 7.01. The lowest BCUT2D eigenvalue weighted by atomic mass is 9.46. The molecule has 6 rings (SSSR count). The molecule has 142 valence electrons. The van der Waals surface area contributed by atoms with Crippen molar-refractivity contribution < 1.29 is 9.18 Å². The number of aromatic nitrogens is 3. The molecule has 0 spiro atoms. The maximum Gasteiger partial charge on any atom is 0.242 e. The number of amides is 1. The van der Waals surface area contributed by atoms with Gasteiger partial charge in [-0.15, -0.1) is 5.10 Å². The van der Waals surface area contributed by atoms with Crippen molar-refractivity contribution in [1.29, 1.82) is 0 Å². The summed E-state index contributed by atoms with van der Waals surface area (Å²) in [5.41, 5.74) is 0.519. The minimum absolute atomic E-state index is 0.0586. The zero-order chi connectivity index (χ0) is 18.8. The SMILES string of the molecule is Cc1ccc(F)c(NC(=O)C23C[C@H]4C[C@H](C2)CC(n2cnc(Cl)n2)(C4)C3)c1. The number of nitrogens with zero attached hydrogens (tertiary/aromatic N) is 3. The van der Waals surface area contributed by atoms with E-state index in [4.69, 9.17) is 11.6 Å². The van der Waals surface area contributed by atoms with Crippen LogP contribution >= 0.6 is 11.6 Å². The summed E-state index contributed by atoms with van der Waals surface area (Å²) in [6.45, 7) is 1.89. The highest BCUT2D eigenvalue weighted by molar-refractivity contribution is 6.28. The maximum atomic E-state index is 14.2. The second-order valence-electron chi connectivity index (χ2n) is 8.86. The van der Waals surface area contributed by atoms with Gasteiger partial charge in [0.25, 0.3) is 0 Å².